The lowest BCUT2D eigenvalue weighted by molar-refractivity contribution is 0.263. The van der Waals surface area contributed by atoms with Crippen LogP contribution >= 0.6 is 0 Å². The molecule has 0 aromatic heterocycles. The lowest BCUT2D eigenvalue weighted by atomic mass is 9.98. The van der Waals surface area contributed by atoms with E-state index < -0.39 is 0 Å². The molecule has 0 fully saturated rings. The summed E-state index contributed by atoms with van der Waals surface area (Å²) in [5.74, 6) is 1.58. The second-order valence-corrected chi connectivity index (χ2v) is 9.44. The van der Waals surface area contributed by atoms with E-state index in [4.69, 9.17) is 4.99 Å². The van der Waals surface area contributed by atoms with Crippen LogP contribution in [0.15, 0.2) is 66.2 Å². The lowest BCUT2D eigenvalue weighted by Gasteiger charge is -2.19. The van der Waals surface area contributed by atoms with Crippen molar-refractivity contribution in [3.8, 4) is 0 Å². The number of rotatable bonds is 16. The normalized spacial score (nSPS) is 13.9. The van der Waals surface area contributed by atoms with Crippen LogP contribution in [-0.2, 0) is 0 Å². The number of amidine groups is 1. The van der Waals surface area contributed by atoms with E-state index in [0.717, 1.165) is 40.3 Å². The average molecular weight is 466 g/mol. The van der Waals surface area contributed by atoms with Gasteiger partial charge in [0.15, 0.2) is 0 Å². The monoisotopic (exact) mass is 465 g/mol. The van der Waals surface area contributed by atoms with Crippen LogP contribution in [0, 0.1) is 12.8 Å². The summed E-state index contributed by atoms with van der Waals surface area (Å²) in [6.07, 6.45) is 15.4. The van der Waals surface area contributed by atoms with Crippen LogP contribution in [-0.4, -0.2) is 30.1 Å². The Morgan fingerprint density at radius 3 is 2.59 bits per heavy atom. The first-order valence-electron chi connectivity index (χ1n) is 12.7. The van der Waals surface area contributed by atoms with Gasteiger partial charge in [-0.15, -0.1) is 0 Å². The molecule has 1 aromatic carbocycles. The highest BCUT2D eigenvalue weighted by Crippen LogP contribution is 2.22. The van der Waals surface area contributed by atoms with Gasteiger partial charge in [0, 0.05) is 23.8 Å². The first-order valence-corrected chi connectivity index (χ1v) is 12.7. The molecule has 2 atom stereocenters. The van der Waals surface area contributed by atoms with Gasteiger partial charge in [-0.05, 0) is 43.9 Å². The van der Waals surface area contributed by atoms with Crippen LogP contribution in [0.5, 0.6) is 0 Å². The smallest absolute Gasteiger partial charge is 0.101 e. The zero-order chi connectivity index (χ0) is 25.3. The highest BCUT2D eigenvalue weighted by atomic mass is 16.3. The molecule has 0 spiro atoms. The summed E-state index contributed by atoms with van der Waals surface area (Å²) in [6, 6.07) is 6.23. The van der Waals surface area contributed by atoms with Crippen molar-refractivity contribution in [1.29, 1.82) is 0 Å². The number of aliphatic hydroxyl groups excluding tert-OH is 1. The Labute approximate surface area is 208 Å². The van der Waals surface area contributed by atoms with E-state index in [0.29, 0.717) is 12.5 Å². The third-order valence-electron chi connectivity index (χ3n) is 5.67. The zero-order valence-corrected chi connectivity index (χ0v) is 22.2. The molecule has 1 aromatic rings. The Bertz CT molecular complexity index is 851. The predicted octanol–water partition coefficient (Wildman–Crippen LogP) is 7.43. The van der Waals surface area contributed by atoms with Crippen LogP contribution < -0.4 is 10.6 Å². The maximum Gasteiger partial charge on any atom is 0.101 e. The van der Waals surface area contributed by atoms with Gasteiger partial charge in [-0.1, -0.05) is 101 Å². The number of hydrogen-bond donors (Lipinski definition) is 3. The minimum atomic E-state index is -0.0402. The molecule has 0 bridgehead atoms. The molecule has 0 aliphatic heterocycles. The van der Waals surface area contributed by atoms with Crippen molar-refractivity contribution in [2.75, 3.05) is 18.5 Å². The van der Waals surface area contributed by atoms with Gasteiger partial charge in [-0.3, -0.25) is 4.99 Å². The van der Waals surface area contributed by atoms with Gasteiger partial charge in [-0.25, -0.2) is 0 Å². The minimum Gasteiger partial charge on any atom is -0.394 e. The number of allylic oxidation sites excluding steroid dienone is 4. The molecule has 0 saturated carbocycles. The van der Waals surface area contributed by atoms with Crippen LogP contribution in [0.3, 0.4) is 0 Å². The maximum absolute atomic E-state index is 9.34. The largest absolute Gasteiger partial charge is 0.394 e. The summed E-state index contributed by atoms with van der Waals surface area (Å²) in [4.78, 5) is 4.89. The summed E-state index contributed by atoms with van der Waals surface area (Å²) in [7, 11) is 0. The van der Waals surface area contributed by atoms with Gasteiger partial charge in [0.25, 0.3) is 0 Å². The topological polar surface area (TPSA) is 56.7 Å². The molecular weight excluding hydrogens is 418 g/mol. The fraction of sp³-hybridized carbons (Fsp3) is 0.500. The summed E-state index contributed by atoms with van der Waals surface area (Å²) in [5, 5.41) is 16.2. The third-order valence-corrected chi connectivity index (χ3v) is 5.67. The van der Waals surface area contributed by atoms with E-state index >= 15 is 0 Å². The Balaban J connectivity index is 2.98. The van der Waals surface area contributed by atoms with Gasteiger partial charge < -0.3 is 15.7 Å². The second-order valence-electron chi connectivity index (χ2n) is 9.44. The fourth-order valence-corrected chi connectivity index (χ4v) is 3.56. The molecule has 34 heavy (non-hydrogen) atoms. The van der Waals surface area contributed by atoms with E-state index in [9.17, 15) is 5.11 Å². The Hall–Kier alpha value is -2.59. The van der Waals surface area contributed by atoms with Crippen molar-refractivity contribution in [3.05, 3.63) is 72.4 Å². The van der Waals surface area contributed by atoms with E-state index in [-0.39, 0.29) is 12.6 Å². The molecule has 2 unspecified atom stereocenters. The number of benzene rings is 1. The number of hydrogen-bond acceptors (Lipinski definition) is 3. The molecular formula is C30H47N3O. The minimum absolute atomic E-state index is 0.0402. The molecule has 0 aliphatic rings. The van der Waals surface area contributed by atoms with Gasteiger partial charge in [0.2, 0.25) is 0 Å². The molecule has 4 heteroatoms. The van der Waals surface area contributed by atoms with E-state index in [1.807, 2.05) is 32.1 Å². The first-order chi connectivity index (χ1) is 16.3. The fourth-order valence-electron chi connectivity index (χ4n) is 3.56. The van der Waals surface area contributed by atoms with E-state index in [1.54, 1.807) is 0 Å². The summed E-state index contributed by atoms with van der Waals surface area (Å²) < 4.78 is 0. The molecule has 188 valence electrons. The van der Waals surface area contributed by atoms with E-state index in [2.05, 4.69) is 68.8 Å². The van der Waals surface area contributed by atoms with Crippen molar-refractivity contribution < 1.29 is 5.11 Å². The van der Waals surface area contributed by atoms with Crippen molar-refractivity contribution in [3.63, 3.8) is 0 Å². The summed E-state index contributed by atoms with van der Waals surface area (Å²) in [6.45, 7) is 19.3. The Morgan fingerprint density at radius 1 is 1.15 bits per heavy atom. The molecule has 0 amide bonds. The molecule has 4 nitrogen and oxygen atoms in total. The first kappa shape index (κ1) is 29.4. The lowest BCUT2D eigenvalue weighted by Crippen LogP contribution is -2.27. The SMILES string of the molecule is C=C(C)/C=C\C=C\CN=C(CC(C)CCCCCC)Nc1cc(C(=C)NC(C)CO)ccc1C. The van der Waals surface area contributed by atoms with Crippen molar-refractivity contribution >= 4 is 17.2 Å². The number of aryl methyl sites for hydroxylation is 1. The quantitative estimate of drug-likeness (QED) is 0.103. The van der Waals surface area contributed by atoms with Crippen LogP contribution in [0.4, 0.5) is 5.69 Å². The molecule has 3 N–H and O–H groups in total. The average Bonchev–Trinajstić information content (AvgIpc) is 2.79. The summed E-state index contributed by atoms with van der Waals surface area (Å²) in [5.41, 5.74) is 5.05. The molecule has 0 saturated heterocycles. The highest BCUT2D eigenvalue weighted by Gasteiger charge is 2.11. The second kappa shape index (κ2) is 16.9. The molecule has 1 rings (SSSR count). The Morgan fingerprint density at radius 2 is 1.91 bits per heavy atom. The van der Waals surface area contributed by atoms with Gasteiger partial charge in [-0.2, -0.15) is 0 Å². The van der Waals surface area contributed by atoms with Crippen molar-refractivity contribution in [1.82, 2.24) is 5.32 Å². The molecule has 0 radical (unpaired) electrons. The van der Waals surface area contributed by atoms with Crippen LogP contribution in [0.2, 0.25) is 0 Å². The third kappa shape index (κ3) is 12.6. The molecule has 0 aliphatic carbocycles. The number of anilines is 1. The summed E-state index contributed by atoms with van der Waals surface area (Å²) >= 11 is 0. The van der Waals surface area contributed by atoms with Gasteiger partial charge in [0.05, 0.1) is 13.2 Å². The zero-order valence-electron chi connectivity index (χ0n) is 22.2. The number of nitrogens with zero attached hydrogens (tertiary/aromatic N) is 1. The number of unbranched alkanes of at least 4 members (excludes halogenated alkanes) is 3. The standard InChI is InChI=1S/C30H47N3O/c1-8-9-10-13-16-24(4)20-30(31-19-14-11-12-15-23(2)3)33-29-21-28(18-17-25(29)5)27(7)32-26(6)22-34/h11-12,14-15,17-18,21,24,26,32,34H,2,7-10,13,16,19-20,22H2,1,3-6H3,(H,31,33)/b14-11+,15-12-. The van der Waals surface area contributed by atoms with E-state index in [1.165, 1.54) is 32.1 Å². The van der Waals surface area contributed by atoms with Crippen molar-refractivity contribution in [2.45, 2.75) is 79.2 Å². The maximum atomic E-state index is 9.34. The number of aliphatic imine (C=N–C) groups is 1. The van der Waals surface area contributed by atoms with Crippen LogP contribution in [0.1, 0.15) is 77.3 Å². The van der Waals surface area contributed by atoms with Gasteiger partial charge in [0.1, 0.15) is 5.84 Å². The predicted molar refractivity (Wildman–Crippen MR) is 151 cm³/mol. The Kier molecular flexibility index (Phi) is 14.7. The van der Waals surface area contributed by atoms with Gasteiger partial charge >= 0.3 is 0 Å². The molecule has 0 heterocycles. The number of aliphatic hydroxyl groups is 1. The van der Waals surface area contributed by atoms with Crippen molar-refractivity contribution in [2.24, 2.45) is 10.9 Å². The highest BCUT2D eigenvalue weighted by molar-refractivity contribution is 5.96. The van der Waals surface area contributed by atoms with Crippen LogP contribution in [0.25, 0.3) is 5.70 Å². The number of nitrogens with one attached hydrogen (secondary N) is 2.